The lowest BCUT2D eigenvalue weighted by Gasteiger charge is -2.29. The Kier molecular flexibility index (Phi) is 6.83. The number of thiophene rings is 1. The van der Waals surface area contributed by atoms with Crippen LogP contribution in [0.3, 0.4) is 0 Å². The number of amides is 2. The van der Waals surface area contributed by atoms with Gasteiger partial charge in [0.2, 0.25) is 5.91 Å². The highest BCUT2D eigenvalue weighted by atomic mass is 32.1. The minimum Gasteiger partial charge on any atom is -0.353 e. The summed E-state index contributed by atoms with van der Waals surface area (Å²) < 4.78 is 0. The van der Waals surface area contributed by atoms with E-state index in [0.29, 0.717) is 36.2 Å². The first-order valence-corrected chi connectivity index (χ1v) is 10.3. The molecule has 1 aromatic carbocycles. The quantitative estimate of drug-likeness (QED) is 0.721. The van der Waals surface area contributed by atoms with Gasteiger partial charge in [-0.2, -0.15) is 0 Å². The molecule has 2 amide bonds. The summed E-state index contributed by atoms with van der Waals surface area (Å²) in [5, 5.41) is 7.90. The molecular formula is C21H26N2O2S. The average Bonchev–Trinajstić information content (AvgIpc) is 3.21. The highest BCUT2D eigenvalue weighted by molar-refractivity contribution is 7.12. The van der Waals surface area contributed by atoms with E-state index in [9.17, 15) is 9.59 Å². The first-order valence-electron chi connectivity index (χ1n) is 9.38. The first kappa shape index (κ1) is 18.6. The third-order valence-corrected chi connectivity index (χ3v) is 5.84. The van der Waals surface area contributed by atoms with Crippen molar-refractivity contribution in [2.24, 2.45) is 0 Å². The molecule has 5 heteroatoms. The maximum absolute atomic E-state index is 12.1. The predicted molar refractivity (Wildman–Crippen MR) is 105 cm³/mol. The molecule has 0 unspecified atom stereocenters. The molecule has 138 valence electrons. The Bertz CT molecular complexity index is 692. The molecule has 1 aromatic heterocycles. The monoisotopic (exact) mass is 370 g/mol. The number of carbonyl (C=O) groups excluding carboxylic acids is 2. The number of nitrogens with one attached hydrogen (secondary N) is 2. The van der Waals surface area contributed by atoms with Gasteiger partial charge in [-0.05, 0) is 55.0 Å². The van der Waals surface area contributed by atoms with Crippen molar-refractivity contribution >= 4 is 23.2 Å². The fourth-order valence-electron chi connectivity index (χ4n) is 3.54. The van der Waals surface area contributed by atoms with Gasteiger partial charge in [-0.1, -0.05) is 36.4 Å². The van der Waals surface area contributed by atoms with Crippen LogP contribution in [-0.2, 0) is 4.79 Å². The van der Waals surface area contributed by atoms with Crippen molar-refractivity contribution in [3.8, 4) is 0 Å². The van der Waals surface area contributed by atoms with Crippen LogP contribution < -0.4 is 10.6 Å². The van der Waals surface area contributed by atoms with Crippen LogP contribution in [0.2, 0.25) is 0 Å². The van der Waals surface area contributed by atoms with Crippen LogP contribution in [0.15, 0.2) is 47.8 Å². The van der Waals surface area contributed by atoms with Crippen LogP contribution in [0.5, 0.6) is 0 Å². The Morgan fingerprint density at radius 2 is 1.77 bits per heavy atom. The van der Waals surface area contributed by atoms with Gasteiger partial charge in [-0.3, -0.25) is 9.59 Å². The summed E-state index contributed by atoms with van der Waals surface area (Å²) in [4.78, 5) is 24.6. The maximum atomic E-state index is 12.1. The lowest BCUT2D eigenvalue weighted by molar-refractivity contribution is -0.122. The van der Waals surface area contributed by atoms with Crippen molar-refractivity contribution in [2.45, 2.75) is 50.5 Å². The van der Waals surface area contributed by atoms with Gasteiger partial charge in [-0.25, -0.2) is 0 Å². The van der Waals surface area contributed by atoms with Gasteiger partial charge < -0.3 is 10.6 Å². The summed E-state index contributed by atoms with van der Waals surface area (Å²) in [6, 6.07) is 14.6. The fraction of sp³-hybridized carbons (Fsp3) is 0.429. The van der Waals surface area contributed by atoms with Gasteiger partial charge in [0.15, 0.2) is 0 Å². The molecule has 4 nitrogen and oxygen atoms in total. The zero-order valence-corrected chi connectivity index (χ0v) is 15.8. The number of benzene rings is 1. The summed E-state index contributed by atoms with van der Waals surface area (Å²) in [5.41, 5.74) is 1.42. The molecule has 1 aliphatic carbocycles. The summed E-state index contributed by atoms with van der Waals surface area (Å²) in [6.45, 7) is 0.533. The predicted octanol–water partition coefficient (Wildman–Crippen LogP) is 4.10. The molecule has 0 saturated heterocycles. The summed E-state index contributed by atoms with van der Waals surface area (Å²) in [6.07, 6.45) is 5.48. The van der Waals surface area contributed by atoms with Crippen molar-refractivity contribution < 1.29 is 9.59 Å². The standard InChI is InChI=1S/C21H26N2O2S/c24-20(9-4-14-22-21(25)19-8-5-15-26-19)23-18-12-10-17(11-13-18)16-6-2-1-3-7-16/h1-3,5-8,15,17-18H,4,9-14H2,(H,22,25)(H,23,24). The molecule has 0 atom stereocenters. The fourth-order valence-corrected chi connectivity index (χ4v) is 4.18. The molecule has 2 N–H and O–H groups in total. The first-order chi connectivity index (χ1) is 12.7. The van der Waals surface area contributed by atoms with E-state index in [1.165, 1.54) is 16.9 Å². The van der Waals surface area contributed by atoms with E-state index in [4.69, 9.17) is 0 Å². The Morgan fingerprint density at radius 1 is 1.00 bits per heavy atom. The van der Waals surface area contributed by atoms with E-state index >= 15 is 0 Å². The van der Waals surface area contributed by atoms with Crippen molar-refractivity contribution in [1.82, 2.24) is 10.6 Å². The normalized spacial score (nSPS) is 19.7. The average molecular weight is 371 g/mol. The molecule has 1 heterocycles. The number of hydrogen-bond donors (Lipinski definition) is 2. The van der Waals surface area contributed by atoms with Gasteiger partial charge >= 0.3 is 0 Å². The molecule has 26 heavy (non-hydrogen) atoms. The minimum absolute atomic E-state index is 0.0559. The zero-order valence-electron chi connectivity index (χ0n) is 14.9. The SMILES string of the molecule is O=C(CCCNC(=O)c1cccs1)NC1CCC(c2ccccc2)CC1. The summed E-state index contributed by atoms with van der Waals surface area (Å²) in [7, 11) is 0. The van der Waals surface area contributed by atoms with Crippen molar-refractivity contribution in [1.29, 1.82) is 0 Å². The second-order valence-corrected chi connectivity index (χ2v) is 7.81. The Balaban J connectivity index is 1.30. The molecule has 0 radical (unpaired) electrons. The number of rotatable bonds is 7. The maximum Gasteiger partial charge on any atom is 0.261 e. The molecule has 1 aliphatic rings. The smallest absolute Gasteiger partial charge is 0.261 e. The van der Waals surface area contributed by atoms with Crippen LogP contribution in [0.25, 0.3) is 0 Å². The van der Waals surface area contributed by atoms with E-state index in [1.807, 2.05) is 11.4 Å². The lowest BCUT2D eigenvalue weighted by Crippen LogP contribution is -2.37. The topological polar surface area (TPSA) is 58.2 Å². The highest BCUT2D eigenvalue weighted by Gasteiger charge is 2.23. The van der Waals surface area contributed by atoms with Crippen molar-refractivity contribution in [2.75, 3.05) is 6.54 Å². The molecule has 1 saturated carbocycles. The van der Waals surface area contributed by atoms with Crippen LogP contribution in [0.4, 0.5) is 0 Å². The van der Waals surface area contributed by atoms with Gasteiger partial charge in [0, 0.05) is 19.0 Å². The van der Waals surface area contributed by atoms with Crippen LogP contribution in [-0.4, -0.2) is 24.4 Å². The summed E-state index contributed by atoms with van der Waals surface area (Å²) >= 11 is 1.43. The Hall–Kier alpha value is -2.14. The van der Waals surface area contributed by atoms with E-state index in [2.05, 4.69) is 41.0 Å². The second kappa shape index (κ2) is 9.53. The third-order valence-electron chi connectivity index (χ3n) is 4.97. The van der Waals surface area contributed by atoms with Gasteiger partial charge in [-0.15, -0.1) is 11.3 Å². The number of carbonyl (C=O) groups is 2. The highest BCUT2D eigenvalue weighted by Crippen LogP contribution is 2.32. The number of hydrogen-bond acceptors (Lipinski definition) is 3. The molecule has 1 fully saturated rings. The molecule has 3 rings (SSSR count). The molecule has 0 aliphatic heterocycles. The van der Waals surface area contributed by atoms with Crippen LogP contribution >= 0.6 is 11.3 Å². The van der Waals surface area contributed by atoms with E-state index < -0.39 is 0 Å². The van der Waals surface area contributed by atoms with Gasteiger partial charge in [0.25, 0.3) is 5.91 Å². The second-order valence-electron chi connectivity index (χ2n) is 6.86. The third kappa shape index (κ3) is 5.43. The van der Waals surface area contributed by atoms with E-state index in [-0.39, 0.29) is 11.8 Å². The molecule has 2 aromatic rings. The molecular weight excluding hydrogens is 344 g/mol. The molecule has 0 bridgehead atoms. The Morgan fingerprint density at radius 3 is 2.46 bits per heavy atom. The molecule has 0 spiro atoms. The largest absolute Gasteiger partial charge is 0.353 e. The van der Waals surface area contributed by atoms with E-state index in [0.717, 1.165) is 25.7 Å². The van der Waals surface area contributed by atoms with Crippen molar-refractivity contribution in [3.05, 3.63) is 58.3 Å². The van der Waals surface area contributed by atoms with Crippen LogP contribution in [0.1, 0.15) is 59.7 Å². The lowest BCUT2D eigenvalue weighted by atomic mass is 9.82. The van der Waals surface area contributed by atoms with E-state index in [1.54, 1.807) is 6.07 Å². The van der Waals surface area contributed by atoms with Crippen LogP contribution in [0, 0.1) is 0 Å². The van der Waals surface area contributed by atoms with Gasteiger partial charge in [0.1, 0.15) is 0 Å². The van der Waals surface area contributed by atoms with Crippen molar-refractivity contribution in [3.63, 3.8) is 0 Å². The zero-order chi connectivity index (χ0) is 18.2. The Labute approximate surface area is 159 Å². The summed E-state index contributed by atoms with van der Waals surface area (Å²) in [5.74, 6) is 0.662. The minimum atomic E-state index is -0.0559. The van der Waals surface area contributed by atoms with Gasteiger partial charge in [0.05, 0.1) is 4.88 Å².